The van der Waals surface area contributed by atoms with E-state index in [1.54, 1.807) is 0 Å². The van der Waals surface area contributed by atoms with E-state index in [1.807, 2.05) is 50.2 Å². The first-order valence-electron chi connectivity index (χ1n) is 6.41. The van der Waals surface area contributed by atoms with Crippen LogP contribution in [-0.4, -0.2) is 6.61 Å². The molecule has 2 aromatic rings. The van der Waals surface area contributed by atoms with E-state index in [4.69, 9.17) is 16.3 Å². The molecule has 0 saturated heterocycles. The Bertz CT molecular complexity index is 554. The summed E-state index contributed by atoms with van der Waals surface area (Å²) < 4.78 is 5.58. The van der Waals surface area contributed by atoms with Crippen molar-refractivity contribution < 1.29 is 4.74 Å². The maximum atomic E-state index is 6.12. The summed E-state index contributed by atoms with van der Waals surface area (Å²) in [4.78, 5) is 0. The lowest BCUT2D eigenvalue weighted by Gasteiger charge is -2.12. The molecule has 0 spiro atoms. The fourth-order valence-electron chi connectivity index (χ4n) is 1.84. The van der Waals surface area contributed by atoms with Gasteiger partial charge in [-0.05, 0) is 43.2 Å². The summed E-state index contributed by atoms with van der Waals surface area (Å²) in [6.07, 6.45) is 0. The fourth-order valence-corrected chi connectivity index (χ4v) is 2.04. The van der Waals surface area contributed by atoms with Gasteiger partial charge in [0.25, 0.3) is 0 Å². The Morgan fingerprint density at radius 2 is 1.95 bits per heavy atom. The van der Waals surface area contributed by atoms with Gasteiger partial charge in [-0.1, -0.05) is 35.9 Å². The Balaban J connectivity index is 2.07. The molecule has 0 aliphatic heterocycles. The highest BCUT2D eigenvalue weighted by atomic mass is 35.5. The van der Waals surface area contributed by atoms with Crippen LogP contribution in [0.5, 0.6) is 5.75 Å². The van der Waals surface area contributed by atoms with Gasteiger partial charge in [-0.2, -0.15) is 0 Å². The van der Waals surface area contributed by atoms with Crippen LogP contribution in [0, 0.1) is 6.92 Å². The normalized spacial score (nSPS) is 10.3. The summed E-state index contributed by atoms with van der Waals surface area (Å²) in [7, 11) is 0. The predicted octanol–water partition coefficient (Wildman–Crippen LogP) is 4.66. The highest BCUT2D eigenvalue weighted by Crippen LogP contribution is 2.25. The minimum Gasteiger partial charge on any atom is -0.492 e. The smallest absolute Gasteiger partial charge is 0.142 e. The molecule has 0 atom stereocenters. The number of nitrogens with one attached hydrogen (secondary N) is 1. The largest absolute Gasteiger partial charge is 0.492 e. The molecule has 0 saturated carbocycles. The van der Waals surface area contributed by atoms with Gasteiger partial charge >= 0.3 is 0 Å². The van der Waals surface area contributed by atoms with Crippen LogP contribution in [0.2, 0.25) is 5.02 Å². The fraction of sp³-hybridized carbons (Fsp3) is 0.250. The summed E-state index contributed by atoms with van der Waals surface area (Å²) in [6.45, 7) is 5.37. The Labute approximate surface area is 119 Å². The highest BCUT2D eigenvalue weighted by molar-refractivity contribution is 6.31. The number of benzene rings is 2. The molecule has 0 amide bonds. The maximum Gasteiger partial charge on any atom is 0.142 e. The third-order valence-electron chi connectivity index (χ3n) is 2.91. The molecule has 0 radical (unpaired) electrons. The van der Waals surface area contributed by atoms with Gasteiger partial charge in [0, 0.05) is 11.6 Å². The number of aryl methyl sites for hydroxylation is 1. The van der Waals surface area contributed by atoms with Crippen LogP contribution in [0.1, 0.15) is 18.1 Å². The quantitative estimate of drug-likeness (QED) is 0.857. The number of para-hydroxylation sites is 2. The molecule has 19 heavy (non-hydrogen) atoms. The molecule has 0 aromatic heterocycles. The van der Waals surface area contributed by atoms with Gasteiger partial charge in [0.1, 0.15) is 5.75 Å². The monoisotopic (exact) mass is 275 g/mol. The van der Waals surface area contributed by atoms with E-state index in [0.717, 1.165) is 34.1 Å². The summed E-state index contributed by atoms with van der Waals surface area (Å²) >= 11 is 6.12. The van der Waals surface area contributed by atoms with Crippen molar-refractivity contribution in [1.29, 1.82) is 0 Å². The molecule has 2 rings (SSSR count). The Hall–Kier alpha value is -1.67. The van der Waals surface area contributed by atoms with Gasteiger partial charge < -0.3 is 10.1 Å². The van der Waals surface area contributed by atoms with Crippen molar-refractivity contribution in [2.45, 2.75) is 20.4 Å². The molecule has 2 nitrogen and oxygen atoms in total. The van der Waals surface area contributed by atoms with E-state index in [0.29, 0.717) is 6.61 Å². The molecule has 100 valence electrons. The lowest BCUT2D eigenvalue weighted by atomic mass is 10.1. The van der Waals surface area contributed by atoms with Crippen molar-refractivity contribution in [2.24, 2.45) is 0 Å². The first-order valence-corrected chi connectivity index (χ1v) is 6.79. The van der Waals surface area contributed by atoms with Gasteiger partial charge in [0.15, 0.2) is 0 Å². The van der Waals surface area contributed by atoms with Crippen molar-refractivity contribution in [3.8, 4) is 5.75 Å². The van der Waals surface area contributed by atoms with Crippen molar-refractivity contribution in [1.82, 2.24) is 0 Å². The summed E-state index contributed by atoms with van der Waals surface area (Å²) in [5, 5.41) is 4.18. The Morgan fingerprint density at radius 1 is 1.16 bits per heavy atom. The topological polar surface area (TPSA) is 21.3 Å². The van der Waals surface area contributed by atoms with E-state index in [1.165, 1.54) is 0 Å². The Kier molecular flexibility index (Phi) is 4.69. The van der Waals surface area contributed by atoms with Crippen LogP contribution < -0.4 is 10.1 Å². The number of hydrogen-bond donors (Lipinski definition) is 1. The zero-order chi connectivity index (χ0) is 13.7. The van der Waals surface area contributed by atoms with Gasteiger partial charge in [0.05, 0.1) is 12.3 Å². The molecule has 0 unspecified atom stereocenters. The van der Waals surface area contributed by atoms with Crippen LogP contribution in [0.3, 0.4) is 0 Å². The number of anilines is 1. The third kappa shape index (κ3) is 3.65. The molecular formula is C16H18ClNO. The van der Waals surface area contributed by atoms with Crippen molar-refractivity contribution in [3.05, 3.63) is 58.6 Å². The highest BCUT2D eigenvalue weighted by Gasteiger charge is 2.02. The summed E-state index contributed by atoms with van der Waals surface area (Å²) in [5.41, 5.74) is 3.25. The van der Waals surface area contributed by atoms with Crippen LogP contribution in [0.15, 0.2) is 42.5 Å². The van der Waals surface area contributed by atoms with E-state index >= 15 is 0 Å². The van der Waals surface area contributed by atoms with Crippen molar-refractivity contribution in [3.63, 3.8) is 0 Å². The van der Waals surface area contributed by atoms with Crippen LogP contribution in [0.25, 0.3) is 0 Å². The zero-order valence-corrected chi connectivity index (χ0v) is 12.0. The minimum atomic E-state index is 0.662. The zero-order valence-electron chi connectivity index (χ0n) is 11.2. The van der Waals surface area contributed by atoms with Gasteiger partial charge in [-0.3, -0.25) is 0 Å². The predicted molar refractivity (Wildman–Crippen MR) is 81.1 cm³/mol. The average molecular weight is 276 g/mol. The lowest BCUT2D eigenvalue weighted by Crippen LogP contribution is -2.02. The SMILES string of the molecule is CCOc1ccccc1NCc1ccc(C)c(Cl)c1. The van der Waals surface area contributed by atoms with Crippen LogP contribution in [-0.2, 0) is 6.54 Å². The second-order valence-corrected chi connectivity index (χ2v) is 4.77. The van der Waals surface area contributed by atoms with Crippen molar-refractivity contribution in [2.75, 3.05) is 11.9 Å². The first kappa shape index (κ1) is 13.8. The molecule has 0 bridgehead atoms. The molecule has 1 N–H and O–H groups in total. The second-order valence-electron chi connectivity index (χ2n) is 4.37. The second kappa shape index (κ2) is 6.48. The molecule has 0 aliphatic carbocycles. The molecule has 0 heterocycles. The molecule has 2 aromatic carbocycles. The number of halogens is 1. The summed E-state index contributed by atoms with van der Waals surface area (Å²) in [5.74, 6) is 0.878. The van der Waals surface area contributed by atoms with E-state index in [9.17, 15) is 0 Å². The van der Waals surface area contributed by atoms with Crippen molar-refractivity contribution >= 4 is 17.3 Å². The Morgan fingerprint density at radius 3 is 2.68 bits per heavy atom. The van der Waals surface area contributed by atoms with E-state index < -0.39 is 0 Å². The lowest BCUT2D eigenvalue weighted by molar-refractivity contribution is 0.341. The van der Waals surface area contributed by atoms with Gasteiger partial charge in [0.2, 0.25) is 0 Å². The number of rotatable bonds is 5. The molecule has 0 fully saturated rings. The number of ether oxygens (including phenoxy) is 1. The first-order chi connectivity index (χ1) is 9.20. The van der Waals surface area contributed by atoms with Crippen LogP contribution >= 0.6 is 11.6 Å². The third-order valence-corrected chi connectivity index (χ3v) is 3.31. The van der Waals surface area contributed by atoms with Gasteiger partial charge in [-0.15, -0.1) is 0 Å². The average Bonchev–Trinajstić information content (AvgIpc) is 2.42. The van der Waals surface area contributed by atoms with Crippen LogP contribution in [0.4, 0.5) is 5.69 Å². The standard InChI is InChI=1S/C16H18ClNO/c1-3-19-16-7-5-4-6-15(16)18-11-13-9-8-12(2)14(17)10-13/h4-10,18H,3,11H2,1-2H3. The van der Waals surface area contributed by atoms with E-state index in [-0.39, 0.29) is 0 Å². The molecular weight excluding hydrogens is 258 g/mol. The summed E-state index contributed by atoms with van der Waals surface area (Å²) in [6, 6.07) is 14.1. The molecule has 3 heteroatoms. The van der Waals surface area contributed by atoms with E-state index in [2.05, 4.69) is 11.4 Å². The molecule has 0 aliphatic rings. The van der Waals surface area contributed by atoms with Gasteiger partial charge in [-0.25, -0.2) is 0 Å². The maximum absolute atomic E-state index is 6.12. The number of hydrogen-bond acceptors (Lipinski definition) is 2. The minimum absolute atomic E-state index is 0.662.